The van der Waals surface area contributed by atoms with Gasteiger partial charge in [-0.15, -0.1) is 0 Å². The number of nitrogens with zero attached hydrogens (tertiary/aromatic N) is 1. The van der Waals surface area contributed by atoms with Crippen molar-refractivity contribution in [3.05, 3.63) is 42.1 Å². The zero-order chi connectivity index (χ0) is 12.3. The van der Waals surface area contributed by atoms with Crippen LogP contribution in [-0.2, 0) is 11.3 Å². The van der Waals surface area contributed by atoms with E-state index in [1.165, 1.54) is 0 Å². The van der Waals surface area contributed by atoms with E-state index in [0.29, 0.717) is 0 Å². The molecular weight excluding hydrogens is 218 g/mol. The third kappa shape index (κ3) is 2.37. The van der Waals surface area contributed by atoms with Crippen LogP contribution in [0, 0.1) is 0 Å². The molecule has 1 aromatic carbocycles. The molecule has 0 aliphatic rings. The Balaban J connectivity index is 2.54. The lowest BCUT2D eigenvalue weighted by Gasteiger charge is -1.99. The van der Waals surface area contributed by atoms with Gasteiger partial charge < -0.3 is 14.8 Å². The minimum atomic E-state index is -0.872. The van der Waals surface area contributed by atoms with Gasteiger partial charge in [0.05, 0.1) is 6.61 Å². The van der Waals surface area contributed by atoms with Gasteiger partial charge in [0.2, 0.25) is 0 Å². The number of carboxylic acid groups (broad SMARTS) is 1. The van der Waals surface area contributed by atoms with Crippen LogP contribution in [-0.4, -0.2) is 27.4 Å². The summed E-state index contributed by atoms with van der Waals surface area (Å²) in [5.41, 5.74) is 1.79. The molecule has 1 heterocycles. The molecule has 0 aliphatic carbocycles. The number of carbonyl (C=O) groups is 1. The molecule has 2 aromatic rings. The van der Waals surface area contributed by atoms with E-state index in [2.05, 4.69) is 0 Å². The molecule has 88 valence electrons. The van der Waals surface area contributed by atoms with Gasteiger partial charge in [-0.2, -0.15) is 0 Å². The number of para-hydroxylation sites is 1. The Labute approximate surface area is 98.4 Å². The molecule has 4 nitrogen and oxygen atoms in total. The van der Waals surface area contributed by atoms with Crippen molar-refractivity contribution >= 4 is 22.9 Å². The fraction of sp³-hybridized carbons (Fsp3) is 0.154. The minimum absolute atomic E-state index is 0.0293. The van der Waals surface area contributed by atoms with Gasteiger partial charge in [0.15, 0.2) is 0 Å². The minimum Gasteiger partial charge on any atom is -0.480 e. The summed E-state index contributed by atoms with van der Waals surface area (Å²) in [6, 6.07) is 7.60. The van der Waals surface area contributed by atoms with Crippen LogP contribution < -0.4 is 0 Å². The number of rotatable bonds is 4. The van der Waals surface area contributed by atoms with Gasteiger partial charge in [-0.25, -0.2) is 0 Å². The standard InChI is InChI=1S/C13H13NO3/c15-7-3-4-10-8-14(9-13(16)17)12-6-2-1-5-11(10)12/h1-6,8,15H,7,9H2,(H,16,17). The highest BCUT2D eigenvalue weighted by atomic mass is 16.4. The maximum absolute atomic E-state index is 10.8. The molecule has 0 amide bonds. The molecule has 0 saturated carbocycles. The number of fused-ring (bicyclic) bond motifs is 1. The van der Waals surface area contributed by atoms with Gasteiger partial charge in [0.25, 0.3) is 0 Å². The van der Waals surface area contributed by atoms with Crippen LogP contribution in [0.4, 0.5) is 0 Å². The zero-order valence-electron chi connectivity index (χ0n) is 9.21. The Morgan fingerprint density at radius 1 is 1.35 bits per heavy atom. The highest BCUT2D eigenvalue weighted by Gasteiger charge is 2.07. The van der Waals surface area contributed by atoms with Crippen LogP contribution in [0.1, 0.15) is 5.56 Å². The Hall–Kier alpha value is -2.07. The molecule has 2 rings (SSSR count). The fourth-order valence-electron chi connectivity index (χ4n) is 1.86. The number of aliphatic hydroxyl groups excluding tert-OH is 1. The van der Waals surface area contributed by atoms with Crippen LogP contribution in [0.15, 0.2) is 36.5 Å². The first-order valence-electron chi connectivity index (χ1n) is 5.29. The van der Waals surface area contributed by atoms with Crippen LogP contribution in [0.3, 0.4) is 0 Å². The van der Waals surface area contributed by atoms with Crippen molar-refractivity contribution in [2.24, 2.45) is 0 Å². The number of aliphatic carboxylic acids is 1. The van der Waals surface area contributed by atoms with E-state index in [9.17, 15) is 4.79 Å². The van der Waals surface area contributed by atoms with Gasteiger partial charge in [-0.1, -0.05) is 30.4 Å². The van der Waals surface area contributed by atoms with Gasteiger partial charge in [-0.05, 0) is 11.6 Å². The molecular formula is C13H13NO3. The zero-order valence-corrected chi connectivity index (χ0v) is 9.21. The molecule has 0 saturated heterocycles. The molecule has 2 N–H and O–H groups in total. The quantitative estimate of drug-likeness (QED) is 0.842. The number of carboxylic acids is 1. The number of benzene rings is 1. The van der Waals surface area contributed by atoms with Crippen molar-refractivity contribution in [3.63, 3.8) is 0 Å². The second kappa shape index (κ2) is 4.84. The third-order valence-corrected chi connectivity index (χ3v) is 2.53. The largest absolute Gasteiger partial charge is 0.480 e. The molecule has 0 atom stereocenters. The summed E-state index contributed by atoms with van der Waals surface area (Å²) < 4.78 is 1.69. The number of aromatic nitrogens is 1. The Bertz CT molecular complexity index is 569. The van der Waals surface area contributed by atoms with E-state index in [-0.39, 0.29) is 13.2 Å². The summed E-state index contributed by atoms with van der Waals surface area (Å²) in [6.45, 7) is -0.0914. The van der Waals surface area contributed by atoms with Gasteiger partial charge in [-0.3, -0.25) is 4.79 Å². The molecule has 0 unspecified atom stereocenters. The van der Waals surface area contributed by atoms with Crippen LogP contribution in [0.25, 0.3) is 17.0 Å². The van der Waals surface area contributed by atoms with Crippen molar-refractivity contribution in [3.8, 4) is 0 Å². The van der Waals surface area contributed by atoms with Crippen molar-refractivity contribution in [1.82, 2.24) is 4.57 Å². The first kappa shape index (κ1) is 11.4. The highest BCUT2D eigenvalue weighted by molar-refractivity contribution is 5.90. The Morgan fingerprint density at radius 3 is 2.82 bits per heavy atom. The summed E-state index contributed by atoms with van der Waals surface area (Å²) in [5.74, 6) is -0.872. The first-order valence-corrected chi connectivity index (χ1v) is 5.29. The van der Waals surface area contributed by atoms with E-state index >= 15 is 0 Å². The van der Waals surface area contributed by atoms with Crippen molar-refractivity contribution in [2.75, 3.05) is 6.61 Å². The number of aliphatic hydroxyl groups is 1. The summed E-state index contributed by atoms with van der Waals surface area (Å²) >= 11 is 0. The van der Waals surface area contributed by atoms with Gasteiger partial charge in [0.1, 0.15) is 6.54 Å². The summed E-state index contributed by atoms with van der Waals surface area (Å²) in [4.78, 5) is 10.8. The van der Waals surface area contributed by atoms with E-state index < -0.39 is 5.97 Å². The predicted molar refractivity (Wildman–Crippen MR) is 65.7 cm³/mol. The first-order chi connectivity index (χ1) is 8.22. The number of hydrogen-bond acceptors (Lipinski definition) is 2. The lowest BCUT2D eigenvalue weighted by molar-refractivity contribution is -0.137. The van der Waals surface area contributed by atoms with E-state index in [0.717, 1.165) is 16.5 Å². The van der Waals surface area contributed by atoms with E-state index in [1.807, 2.05) is 24.3 Å². The van der Waals surface area contributed by atoms with Crippen molar-refractivity contribution in [1.29, 1.82) is 0 Å². The van der Waals surface area contributed by atoms with Gasteiger partial charge in [0, 0.05) is 17.1 Å². The van der Waals surface area contributed by atoms with E-state index in [1.54, 1.807) is 22.9 Å². The summed E-state index contributed by atoms with van der Waals surface area (Å²) in [6.07, 6.45) is 5.21. The molecule has 0 radical (unpaired) electrons. The van der Waals surface area contributed by atoms with Crippen LogP contribution in [0.2, 0.25) is 0 Å². The van der Waals surface area contributed by atoms with Gasteiger partial charge >= 0.3 is 5.97 Å². The molecule has 17 heavy (non-hydrogen) atoms. The lowest BCUT2D eigenvalue weighted by Crippen LogP contribution is -2.07. The van der Waals surface area contributed by atoms with E-state index in [4.69, 9.17) is 10.2 Å². The molecule has 0 fully saturated rings. The van der Waals surface area contributed by atoms with Crippen molar-refractivity contribution < 1.29 is 15.0 Å². The maximum atomic E-state index is 10.8. The fourth-order valence-corrected chi connectivity index (χ4v) is 1.86. The second-order valence-corrected chi connectivity index (χ2v) is 3.71. The maximum Gasteiger partial charge on any atom is 0.323 e. The Kier molecular flexibility index (Phi) is 3.25. The van der Waals surface area contributed by atoms with Crippen LogP contribution >= 0.6 is 0 Å². The topological polar surface area (TPSA) is 62.5 Å². The molecule has 0 bridgehead atoms. The molecule has 0 spiro atoms. The average molecular weight is 231 g/mol. The summed E-state index contributed by atoms with van der Waals surface area (Å²) in [7, 11) is 0. The smallest absolute Gasteiger partial charge is 0.323 e. The Morgan fingerprint density at radius 2 is 2.12 bits per heavy atom. The highest BCUT2D eigenvalue weighted by Crippen LogP contribution is 2.22. The average Bonchev–Trinajstić information content (AvgIpc) is 2.65. The third-order valence-electron chi connectivity index (χ3n) is 2.53. The molecule has 0 aliphatic heterocycles. The van der Waals surface area contributed by atoms with Crippen LogP contribution in [0.5, 0.6) is 0 Å². The monoisotopic (exact) mass is 231 g/mol. The van der Waals surface area contributed by atoms with Crippen molar-refractivity contribution in [2.45, 2.75) is 6.54 Å². The lowest BCUT2D eigenvalue weighted by atomic mass is 10.1. The molecule has 4 heteroatoms. The number of hydrogen-bond donors (Lipinski definition) is 2. The summed E-state index contributed by atoms with van der Waals surface area (Å²) in [5, 5.41) is 18.6. The second-order valence-electron chi connectivity index (χ2n) is 3.71. The normalized spacial score (nSPS) is 11.4. The molecule has 1 aromatic heterocycles. The predicted octanol–water partition coefficient (Wildman–Crippen LogP) is 1.73. The SMILES string of the molecule is O=C(O)Cn1cc(C=CCO)c2ccccc21.